The molecule has 0 atom stereocenters. The number of hydrogen-bond donors (Lipinski definition) is 0. The van der Waals surface area contributed by atoms with Gasteiger partial charge in [-0.1, -0.05) is 18.2 Å². The van der Waals surface area contributed by atoms with Gasteiger partial charge in [0, 0.05) is 25.4 Å². The van der Waals surface area contributed by atoms with Crippen LogP contribution in [0, 0.1) is 0 Å². The van der Waals surface area contributed by atoms with E-state index in [9.17, 15) is 31.5 Å². The molecule has 32 heavy (non-hydrogen) atoms. The third-order valence-corrected chi connectivity index (χ3v) is 5.40. The summed E-state index contributed by atoms with van der Waals surface area (Å²) in [7, 11) is 1.92. The fourth-order valence-electron chi connectivity index (χ4n) is 3.47. The van der Waals surface area contributed by atoms with E-state index in [0.717, 1.165) is 20.2 Å². The zero-order chi connectivity index (χ0) is 24.2. The van der Waals surface area contributed by atoms with E-state index in [1.165, 1.54) is 12.1 Å². The van der Waals surface area contributed by atoms with Crippen LogP contribution >= 0.6 is 11.6 Å². The van der Waals surface area contributed by atoms with Crippen LogP contribution < -0.4 is 11.2 Å². The van der Waals surface area contributed by atoms with Gasteiger partial charge in [-0.05, 0) is 18.4 Å². The number of hydrogen-bond acceptors (Lipinski definition) is 3. The van der Waals surface area contributed by atoms with Crippen molar-refractivity contribution in [1.82, 2.24) is 14.1 Å². The predicted molar refractivity (Wildman–Crippen MR) is 104 cm³/mol. The van der Waals surface area contributed by atoms with Gasteiger partial charge in [-0.3, -0.25) is 13.9 Å². The summed E-state index contributed by atoms with van der Waals surface area (Å²) in [6, 6.07) is 3.47. The molecule has 0 aliphatic rings. The van der Waals surface area contributed by atoms with Gasteiger partial charge < -0.3 is 0 Å². The number of alkyl halides is 8. The quantitative estimate of drug-likeness (QED) is 0.308. The maximum absolute atomic E-state index is 15.1. The Labute approximate surface area is 180 Å². The molecule has 0 N–H and O–H groups in total. The molecule has 0 unspecified atom stereocenters. The highest BCUT2D eigenvalue weighted by atomic mass is 35.5. The van der Waals surface area contributed by atoms with Gasteiger partial charge in [-0.2, -0.15) is 30.7 Å². The average Bonchev–Trinajstić information content (AvgIpc) is 2.72. The number of para-hydroxylation sites is 1. The fourth-order valence-corrected chi connectivity index (χ4v) is 3.60. The zero-order valence-corrected chi connectivity index (χ0v) is 17.3. The largest absolute Gasteiger partial charge is 0.460 e. The number of benzene rings is 1. The summed E-state index contributed by atoms with van der Waals surface area (Å²) in [5, 5.41) is -1.96. The third-order valence-electron chi connectivity index (χ3n) is 5.13. The Hall–Kier alpha value is -2.63. The lowest BCUT2D eigenvalue weighted by atomic mass is 9.92. The molecule has 0 saturated carbocycles. The van der Waals surface area contributed by atoms with Crippen molar-refractivity contribution < 1.29 is 30.7 Å². The van der Waals surface area contributed by atoms with E-state index in [4.69, 9.17) is 11.6 Å². The topological polar surface area (TPSA) is 56.9 Å². The van der Waals surface area contributed by atoms with Crippen LogP contribution in [-0.2, 0) is 26.4 Å². The molecule has 174 valence electrons. The predicted octanol–water partition coefficient (Wildman–Crippen LogP) is 4.25. The van der Waals surface area contributed by atoms with E-state index < -0.39 is 51.3 Å². The Balaban J connectivity index is 2.65. The Bertz CT molecular complexity index is 1330. The average molecular weight is 486 g/mol. The van der Waals surface area contributed by atoms with Crippen LogP contribution in [0.1, 0.15) is 17.5 Å². The maximum atomic E-state index is 15.1. The van der Waals surface area contributed by atoms with Crippen molar-refractivity contribution >= 4 is 33.5 Å². The summed E-state index contributed by atoms with van der Waals surface area (Å²) in [5.74, 6) is -12.2. The second-order valence-electron chi connectivity index (χ2n) is 7.14. The van der Waals surface area contributed by atoms with Crippen molar-refractivity contribution in [3.63, 3.8) is 0 Å². The molecule has 3 rings (SSSR count). The Morgan fingerprint density at radius 3 is 2.19 bits per heavy atom. The number of fused-ring (bicyclic) bond motifs is 2. The van der Waals surface area contributed by atoms with Gasteiger partial charge in [-0.15, -0.1) is 11.6 Å². The smallest absolute Gasteiger partial charge is 0.280 e. The Kier molecular flexibility index (Phi) is 5.82. The van der Waals surface area contributed by atoms with Gasteiger partial charge in [0.25, 0.3) is 5.56 Å². The molecule has 0 saturated heterocycles. The lowest BCUT2D eigenvalue weighted by Crippen LogP contribution is -2.51. The lowest BCUT2D eigenvalue weighted by molar-refractivity contribution is -0.358. The van der Waals surface area contributed by atoms with E-state index in [2.05, 4.69) is 4.98 Å². The van der Waals surface area contributed by atoms with Gasteiger partial charge in [0.15, 0.2) is 5.65 Å². The number of pyridine rings is 1. The molecule has 0 bridgehead atoms. The van der Waals surface area contributed by atoms with Crippen LogP contribution in [0.2, 0.25) is 0 Å². The summed E-state index contributed by atoms with van der Waals surface area (Å²) >= 11 is 5.64. The maximum Gasteiger partial charge on any atom is 0.460 e. The number of rotatable bonds is 5. The molecule has 1 aromatic carbocycles. The first kappa shape index (κ1) is 24.0. The van der Waals surface area contributed by atoms with Crippen molar-refractivity contribution in [3.8, 4) is 0 Å². The van der Waals surface area contributed by atoms with E-state index in [1.807, 2.05) is 0 Å². The minimum atomic E-state index is -6.62. The molecule has 2 heterocycles. The Morgan fingerprint density at radius 1 is 1.00 bits per heavy atom. The van der Waals surface area contributed by atoms with Crippen LogP contribution in [0.4, 0.5) is 30.7 Å². The monoisotopic (exact) mass is 485 g/mol. The molecular weight excluding hydrogens is 471 g/mol. The standard InChI is InChI=1S/C19H15ClF7N3O2/c1-29-14-11(15(31)30(2)16(29)32)12(17(21,22)18(23,24)19(25,26)27)10-7-3-5-9(6-4-8-20)13(10)28-14/h3,5,7H,4,6,8H2,1-2H3. The van der Waals surface area contributed by atoms with Crippen LogP contribution in [0.25, 0.3) is 21.9 Å². The highest BCUT2D eigenvalue weighted by Crippen LogP contribution is 2.54. The van der Waals surface area contributed by atoms with Crippen molar-refractivity contribution in [2.75, 3.05) is 5.88 Å². The second-order valence-corrected chi connectivity index (χ2v) is 7.52. The summed E-state index contributed by atoms with van der Waals surface area (Å²) in [6.07, 6.45) is -6.17. The first-order valence-corrected chi connectivity index (χ1v) is 9.62. The number of aromatic nitrogens is 3. The molecule has 13 heteroatoms. The van der Waals surface area contributed by atoms with E-state index in [1.54, 1.807) is 0 Å². The van der Waals surface area contributed by atoms with Gasteiger partial charge in [-0.25, -0.2) is 9.78 Å². The summed E-state index contributed by atoms with van der Waals surface area (Å²) in [6.45, 7) is 0. The third kappa shape index (κ3) is 3.35. The number of aryl methyl sites for hydroxylation is 2. The van der Waals surface area contributed by atoms with Crippen LogP contribution in [-0.4, -0.2) is 32.1 Å². The summed E-state index contributed by atoms with van der Waals surface area (Å²) < 4.78 is 98.2. The normalized spacial score (nSPS) is 13.3. The molecule has 0 spiro atoms. The van der Waals surface area contributed by atoms with E-state index in [-0.39, 0.29) is 23.4 Å². The second kappa shape index (κ2) is 7.75. The van der Waals surface area contributed by atoms with E-state index >= 15 is 8.78 Å². The first-order chi connectivity index (χ1) is 14.7. The van der Waals surface area contributed by atoms with Crippen LogP contribution in [0.15, 0.2) is 27.8 Å². The van der Waals surface area contributed by atoms with Gasteiger partial charge in [0.05, 0.1) is 16.5 Å². The molecule has 0 aliphatic carbocycles. The molecule has 0 aliphatic heterocycles. The van der Waals surface area contributed by atoms with Crippen molar-refractivity contribution in [1.29, 1.82) is 0 Å². The van der Waals surface area contributed by atoms with E-state index in [0.29, 0.717) is 15.6 Å². The van der Waals surface area contributed by atoms with Gasteiger partial charge >= 0.3 is 23.7 Å². The van der Waals surface area contributed by atoms with Crippen LogP contribution in [0.3, 0.4) is 0 Å². The fraction of sp³-hybridized carbons (Fsp3) is 0.421. The lowest BCUT2D eigenvalue weighted by Gasteiger charge is -2.30. The molecule has 0 radical (unpaired) electrons. The van der Waals surface area contributed by atoms with Gasteiger partial charge in [0.2, 0.25) is 0 Å². The number of nitrogens with zero attached hydrogens (tertiary/aromatic N) is 3. The molecule has 3 aromatic rings. The zero-order valence-electron chi connectivity index (χ0n) is 16.5. The molecule has 0 amide bonds. The van der Waals surface area contributed by atoms with Crippen molar-refractivity contribution in [2.45, 2.75) is 30.9 Å². The molecular formula is C19H15ClF7N3O2. The minimum Gasteiger partial charge on any atom is -0.280 e. The molecule has 0 fully saturated rings. The van der Waals surface area contributed by atoms with Crippen molar-refractivity contribution in [3.05, 3.63) is 50.2 Å². The minimum absolute atomic E-state index is 0.138. The first-order valence-electron chi connectivity index (χ1n) is 9.08. The summed E-state index contributed by atoms with van der Waals surface area (Å²) in [5.41, 5.74) is -5.19. The summed E-state index contributed by atoms with van der Waals surface area (Å²) in [4.78, 5) is 29.0. The highest BCUT2D eigenvalue weighted by molar-refractivity contribution is 6.17. The highest BCUT2D eigenvalue weighted by Gasteiger charge is 2.74. The molecule has 5 nitrogen and oxygen atoms in total. The Morgan fingerprint density at radius 2 is 1.62 bits per heavy atom. The van der Waals surface area contributed by atoms with Crippen LogP contribution in [0.5, 0.6) is 0 Å². The number of halogens is 8. The van der Waals surface area contributed by atoms with Crippen molar-refractivity contribution in [2.24, 2.45) is 14.1 Å². The SMILES string of the molecule is Cn1c(=O)c2c(C(F)(F)C(F)(F)C(F)(F)F)c3cccc(CCCCl)c3nc2n(C)c1=O. The van der Waals surface area contributed by atoms with Gasteiger partial charge in [0.1, 0.15) is 0 Å². The molecule has 2 aromatic heterocycles.